The molecule has 0 aliphatic heterocycles. The highest BCUT2D eigenvalue weighted by atomic mass is 35.5. The van der Waals surface area contributed by atoms with Crippen molar-refractivity contribution in [1.29, 1.82) is 0 Å². The van der Waals surface area contributed by atoms with Crippen molar-refractivity contribution >= 4 is 34.0 Å². The maximum absolute atomic E-state index is 2.18. The second-order valence-corrected chi connectivity index (χ2v) is 3.51. The van der Waals surface area contributed by atoms with Crippen molar-refractivity contribution in [1.82, 2.24) is 0 Å². The predicted molar refractivity (Wildman–Crippen MR) is 68.7 cm³/mol. The van der Waals surface area contributed by atoms with E-state index in [1.807, 2.05) is 0 Å². The fourth-order valence-corrected chi connectivity index (χ4v) is 1.95. The monoisotopic (exact) mass is 214 g/mol. The third-order valence-electron chi connectivity index (χ3n) is 2.65. The normalized spacial score (nSPS) is 10.1. The summed E-state index contributed by atoms with van der Waals surface area (Å²) in [5, 5.41) is 5.30. The Labute approximate surface area is 94.9 Å². The second kappa shape index (κ2) is 3.92. The first kappa shape index (κ1) is 10.0. The van der Waals surface area contributed by atoms with E-state index in [1.165, 1.54) is 21.5 Å². The zero-order valence-corrected chi connectivity index (χ0v) is 9.00. The van der Waals surface area contributed by atoms with Gasteiger partial charge < -0.3 is 0 Å². The van der Waals surface area contributed by atoms with Crippen LogP contribution in [0.25, 0.3) is 21.5 Å². The van der Waals surface area contributed by atoms with Crippen LogP contribution in [0.3, 0.4) is 0 Å². The maximum atomic E-state index is 2.18. The summed E-state index contributed by atoms with van der Waals surface area (Å²) in [6, 6.07) is 21.4. The molecule has 0 heterocycles. The first-order valence-corrected chi connectivity index (χ1v) is 4.82. The fourth-order valence-electron chi connectivity index (χ4n) is 1.95. The van der Waals surface area contributed by atoms with Gasteiger partial charge in [-0.1, -0.05) is 60.7 Å². The molecule has 15 heavy (non-hydrogen) atoms. The molecular formula is C14H11Cl. The zero-order chi connectivity index (χ0) is 9.38. The summed E-state index contributed by atoms with van der Waals surface area (Å²) in [5.74, 6) is 0. The summed E-state index contributed by atoms with van der Waals surface area (Å²) in [5.41, 5.74) is 0. The highest BCUT2D eigenvalue weighted by molar-refractivity contribution is 6.07. The Hall–Kier alpha value is -1.53. The van der Waals surface area contributed by atoms with E-state index in [2.05, 4.69) is 60.7 Å². The summed E-state index contributed by atoms with van der Waals surface area (Å²) in [6.45, 7) is 0. The standard InChI is InChI=1S/C14H10.ClH/c1-3-7-13-11(5-1)9-10-12-6-2-4-8-14(12)13;/h1-10H;1H. The van der Waals surface area contributed by atoms with E-state index in [4.69, 9.17) is 0 Å². The van der Waals surface area contributed by atoms with Crippen molar-refractivity contribution in [3.63, 3.8) is 0 Å². The van der Waals surface area contributed by atoms with Crippen LogP contribution in [0.1, 0.15) is 0 Å². The van der Waals surface area contributed by atoms with Gasteiger partial charge >= 0.3 is 0 Å². The van der Waals surface area contributed by atoms with Gasteiger partial charge in [0, 0.05) is 0 Å². The molecule has 0 radical (unpaired) electrons. The molecule has 0 aliphatic carbocycles. The molecular weight excluding hydrogens is 204 g/mol. The van der Waals surface area contributed by atoms with Crippen LogP contribution in [0.5, 0.6) is 0 Å². The third kappa shape index (κ3) is 1.57. The minimum atomic E-state index is 0. The molecule has 3 aromatic rings. The number of benzene rings is 3. The van der Waals surface area contributed by atoms with E-state index in [0.717, 1.165) is 0 Å². The summed E-state index contributed by atoms with van der Waals surface area (Å²) in [6.07, 6.45) is 0. The highest BCUT2D eigenvalue weighted by Crippen LogP contribution is 2.24. The van der Waals surface area contributed by atoms with Gasteiger partial charge in [0.05, 0.1) is 0 Å². The number of fused-ring (bicyclic) bond motifs is 3. The lowest BCUT2D eigenvalue weighted by Gasteiger charge is -2.02. The van der Waals surface area contributed by atoms with Crippen LogP contribution in [0.15, 0.2) is 60.7 Å². The van der Waals surface area contributed by atoms with Crippen LogP contribution in [0.2, 0.25) is 0 Å². The first-order valence-electron chi connectivity index (χ1n) is 4.82. The van der Waals surface area contributed by atoms with E-state index >= 15 is 0 Å². The van der Waals surface area contributed by atoms with Gasteiger partial charge in [0.1, 0.15) is 0 Å². The van der Waals surface area contributed by atoms with E-state index < -0.39 is 0 Å². The van der Waals surface area contributed by atoms with Gasteiger partial charge in [0.15, 0.2) is 0 Å². The van der Waals surface area contributed by atoms with Crippen LogP contribution < -0.4 is 0 Å². The molecule has 0 saturated heterocycles. The van der Waals surface area contributed by atoms with Gasteiger partial charge in [-0.2, -0.15) is 0 Å². The molecule has 0 bridgehead atoms. The van der Waals surface area contributed by atoms with Crippen molar-refractivity contribution in [3.8, 4) is 0 Å². The van der Waals surface area contributed by atoms with Crippen molar-refractivity contribution < 1.29 is 0 Å². The van der Waals surface area contributed by atoms with Crippen LogP contribution in [0, 0.1) is 0 Å². The zero-order valence-electron chi connectivity index (χ0n) is 8.18. The molecule has 0 atom stereocenters. The number of hydrogen-bond acceptors (Lipinski definition) is 0. The van der Waals surface area contributed by atoms with E-state index in [-0.39, 0.29) is 12.4 Å². The quantitative estimate of drug-likeness (QED) is 0.486. The van der Waals surface area contributed by atoms with Crippen molar-refractivity contribution in [2.75, 3.05) is 0 Å². The average molecular weight is 215 g/mol. The Kier molecular flexibility index (Phi) is 2.61. The van der Waals surface area contributed by atoms with Crippen molar-refractivity contribution in [2.45, 2.75) is 0 Å². The van der Waals surface area contributed by atoms with Gasteiger partial charge in [-0.05, 0) is 21.5 Å². The molecule has 3 rings (SSSR count). The maximum Gasteiger partial charge on any atom is -0.0105 e. The summed E-state index contributed by atoms with van der Waals surface area (Å²) < 4.78 is 0. The molecule has 0 saturated carbocycles. The fraction of sp³-hybridized carbons (Fsp3) is 0. The number of hydrogen-bond donors (Lipinski definition) is 0. The van der Waals surface area contributed by atoms with Crippen LogP contribution >= 0.6 is 12.4 Å². The van der Waals surface area contributed by atoms with Crippen LogP contribution in [0.4, 0.5) is 0 Å². The molecule has 0 aromatic heterocycles. The first-order chi connectivity index (χ1) is 6.95. The Morgan fingerprint density at radius 2 is 0.867 bits per heavy atom. The summed E-state index contributed by atoms with van der Waals surface area (Å²) in [4.78, 5) is 0. The van der Waals surface area contributed by atoms with Gasteiger partial charge in [0.2, 0.25) is 0 Å². The lowest BCUT2D eigenvalue weighted by atomic mass is 10.0. The molecule has 1 heteroatoms. The number of halogens is 1. The van der Waals surface area contributed by atoms with E-state index in [9.17, 15) is 0 Å². The topological polar surface area (TPSA) is 0 Å². The highest BCUT2D eigenvalue weighted by Gasteiger charge is 1.97. The smallest absolute Gasteiger partial charge is 0.0105 e. The lowest BCUT2D eigenvalue weighted by molar-refractivity contribution is 1.76. The molecule has 0 amide bonds. The van der Waals surface area contributed by atoms with Gasteiger partial charge in [0.25, 0.3) is 0 Å². The van der Waals surface area contributed by atoms with Crippen LogP contribution in [-0.4, -0.2) is 0 Å². The molecule has 0 aliphatic rings. The molecule has 0 spiro atoms. The van der Waals surface area contributed by atoms with Crippen LogP contribution in [-0.2, 0) is 0 Å². The Morgan fingerprint density at radius 3 is 1.33 bits per heavy atom. The Balaban J connectivity index is 0.000000853. The number of rotatable bonds is 0. The molecule has 0 nitrogen and oxygen atoms in total. The largest absolute Gasteiger partial charge is 0.147 e. The molecule has 3 aromatic carbocycles. The second-order valence-electron chi connectivity index (χ2n) is 3.51. The van der Waals surface area contributed by atoms with E-state index in [1.54, 1.807) is 0 Å². The average Bonchev–Trinajstić information content (AvgIpc) is 2.29. The Morgan fingerprint density at radius 1 is 0.467 bits per heavy atom. The summed E-state index contributed by atoms with van der Waals surface area (Å²) >= 11 is 0. The molecule has 0 unspecified atom stereocenters. The van der Waals surface area contributed by atoms with Gasteiger partial charge in [-0.15, -0.1) is 12.4 Å². The SMILES string of the molecule is Cl.c1ccc2c(c1)ccc1ccccc12. The minimum absolute atomic E-state index is 0. The van der Waals surface area contributed by atoms with Gasteiger partial charge in [-0.3, -0.25) is 0 Å². The van der Waals surface area contributed by atoms with Crippen molar-refractivity contribution in [3.05, 3.63) is 60.7 Å². The lowest BCUT2D eigenvalue weighted by Crippen LogP contribution is -1.75. The minimum Gasteiger partial charge on any atom is -0.147 e. The van der Waals surface area contributed by atoms with E-state index in [0.29, 0.717) is 0 Å². The van der Waals surface area contributed by atoms with Crippen molar-refractivity contribution in [2.24, 2.45) is 0 Å². The Bertz CT molecular complexity index is 544. The van der Waals surface area contributed by atoms with Gasteiger partial charge in [-0.25, -0.2) is 0 Å². The molecule has 0 N–H and O–H groups in total. The summed E-state index contributed by atoms with van der Waals surface area (Å²) in [7, 11) is 0. The third-order valence-corrected chi connectivity index (χ3v) is 2.65. The molecule has 74 valence electrons. The predicted octanol–water partition coefficient (Wildman–Crippen LogP) is 4.41. The molecule has 0 fully saturated rings.